The first kappa shape index (κ1) is 21.2. The lowest BCUT2D eigenvalue weighted by molar-refractivity contribution is -0.142. The minimum absolute atomic E-state index is 0.224. The van der Waals surface area contributed by atoms with E-state index in [0.29, 0.717) is 44.5 Å². The second-order valence-electron chi connectivity index (χ2n) is 6.50. The normalized spacial score (nSPS) is 11.9. The fourth-order valence-electron chi connectivity index (χ4n) is 3.46. The summed E-state index contributed by atoms with van der Waals surface area (Å²) in [5.41, 5.74) is 2.17. The molecule has 0 amide bonds. The van der Waals surface area contributed by atoms with Crippen molar-refractivity contribution < 1.29 is 23.5 Å². The Morgan fingerprint density at radius 1 is 1.21 bits per heavy atom. The number of methoxy groups -OCH3 is 2. The molecule has 0 aliphatic carbocycles. The molecule has 0 aliphatic heterocycles. The predicted octanol–water partition coefficient (Wildman–Crippen LogP) is 4.48. The number of hydrogen-bond acceptors (Lipinski definition) is 5. The van der Waals surface area contributed by atoms with Gasteiger partial charge in [-0.1, -0.05) is 44.1 Å². The lowest BCUT2D eigenvalue weighted by Crippen LogP contribution is -2.16. The van der Waals surface area contributed by atoms with Gasteiger partial charge in [-0.05, 0) is 33.9 Å². The molecule has 0 spiro atoms. The molecule has 0 saturated heterocycles. The third kappa shape index (κ3) is 3.71. The Bertz CT molecular complexity index is 1060. The average Bonchev–Trinajstić information content (AvgIpc) is 3.13. The molecule has 1 aromatic heterocycles. The number of furan rings is 1. The van der Waals surface area contributed by atoms with Crippen LogP contribution in [0.5, 0.6) is 5.75 Å². The Morgan fingerprint density at radius 2 is 1.90 bits per heavy atom. The van der Waals surface area contributed by atoms with Crippen LogP contribution in [0.3, 0.4) is 0 Å². The van der Waals surface area contributed by atoms with Gasteiger partial charge in [0.05, 0.1) is 24.3 Å². The number of esters is 1. The first-order valence-corrected chi connectivity index (χ1v) is 10.1. The first-order valence-electron chi connectivity index (χ1n) is 9.28. The molecule has 149 valence electrons. The Balaban J connectivity index is 2.39. The van der Waals surface area contributed by atoms with E-state index in [1.165, 1.54) is 7.11 Å². The minimum atomic E-state index is -0.693. The summed E-state index contributed by atoms with van der Waals surface area (Å²) in [7, 11) is 4.79. The van der Waals surface area contributed by atoms with Gasteiger partial charge in [-0.15, -0.1) is 0 Å². The summed E-state index contributed by atoms with van der Waals surface area (Å²) in [5.74, 6) is -0.460. The zero-order valence-corrected chi connectivity index (χ0v) is 18.3. The predicted molar refractivity (Wildman–Crippen MR) is 117 cm³/mol. The third-order valence-corrected chi connectivity index (χ3v) is 5.68. The molecule has 0 bridgehead atoms. The second kappa shape index (κ2) is 8.86. The minimum Gasteiger partial charge on any atom is -0.496 e. The maximum Gasteiger partial charge on any atom is 0.316 e. The summed E-state index contributed by atoms with van der Waals surface area (Å²) in [4.78, 5) is 25.9. The van der Waals surface area contributed by atoms with Gasteiger partial charge in [-0.3, -0.25) is 9.59 Å². The van der Waals surface area contributed by atoms with Gasteiger partial charge in [-0.25, -0.2) is 0 Å². The molecule has 29 heavy (non-hydrogen) atoms. The van der Waals surface area contributed by atoms with Crippen molar-refractivity contribution in [1.29, 1.82) is 0 Å². The second-order valence-corrected chi connectivity index (χ2v) is 7.29. The highest BCUT2D eigenvalue weighted by Crippen LogP contribution is 2.41. The van der Waals surface area contributed by atoms with Crippen molar-refractivity contribution in [3.63, 3.8) is 0 Å². The van der Waals surface area contributed by atoms with Crippen molar-refractivity contribution in [3.8, 4) is 5.75 Å². The number of carbonyl (C=O) groups is 2. The number of ketones is 1. The van der Waals surface area contributed by atoms with Gasteiger partial charge in [0.2, 0.25) is 0 Å². The van der Waals surface area contributed by atoms with E-state index in [0.717, 1.165) is 5.46 Å². The summed E-state index contributed by atoms with van der Waals surface area (Å²) >= 11 is 3.59. The fraction of sp³-hybridized carbons (Fsp3) is 0.273. The van der Waals surface area contributed by atoms with Crippen LogP contribution < -0.4 is 10.2 Å². The van der Waals surface area contributed by atoms with Gasteiger partial charge in [0, 0.05) is 10.9 Å². The molecule has 1 atom stereocenters. The van der Waals surface area contributed by atoms with Gasteiger partial charge in [0.1, 0.15) is 23.0 Å². The smallest absolute Gasteiger partial charge is 0.316 e. The van der Waals surface area contributed by atoms with Crippen molar-refractivity contribution in [2.24, 2.45) is 0 Å². The quantitative estimate of drug-likeness (QED) is 0.298. The zero-order valence-electron chi connectivity index (χ0n) is 16.7. The van der Waals surface area contributed by atoms with Crippen LogP contribution in [-0.2, 0) is 9.53 Å². The number of benzene rings is 2. The molecular weight excluding hydrogens is 435 g/mol. The monoisotopic (exact) mass is 455 g/mol. The van der Waals surface area contributed by atoms with Gasteiger partial charge < -0.3 is 13.9 Å². The first-order chi connectivity index (χ1) is 14.0. The van der Waals surface area contributed by atoms with Crippen LogP contribution in [-0.4, -0.2) is 33.3 Å². The summed E-state index contributed by atoms with van der Waals surface area (Å²) < 4.78 is 17.2. The average molecular weight is 456 g/mol. The molecule has 1 radical (unpaired) electrons. The Morgan fingerprint density at radius 3 is 2.45 bits per heavy atom. The molecule has 0 fully saturated rings. The number of fused-ring (bicyclic) bond motifs is 1. The molecule has 1 unspecified atom stereocenters. The summed E-state index contributed by atoms with van der Waals surface area (Å²) in [6.45, 7) is 3.74. The Hall–Kier alpha value is -2.54. The Kier molecular flexibility index (Phi) is 6.47. The topological polar surface area (TPSA) is 65.7 Å². The highest BCUT2D eigenvalue weighted by atomic mass is 79.9. The van der Waals surface area contributed by atoms with Gasteiger partial charge in [0.25, 0.3) is 0 Å². The molecular formula is C22H21BBrO5. The lowest BCUT2D eigenvalue weighted by atomic mass is 9.72. The van der Waals surface area contributed by atoms with Gasteiger partial charge in [-0.2, -0.15) is 0 Å². The molecule has 0 aliphatic rings. The van der Waals surface area contributed by atoms with E-state index in [2.05, 4.69) is 15.9 Å². The van der Waals surface area contributed by atoms with Crippen LogP contribution in [0, 0.1) is 0 Å². The van der Waals surface area contributed by atoms with Crippen molar-refractivity contribution in [1.82, 2.24) is 0 Å². The van der Waals surface area contributed by atoms with E-state index in [1.54, 1.807) is 31.4 Å². The van der Waals surface area contributed by atoms with Crippen LogP contribution in [0.15, 0.2) is 45.3 Å². The zero-order chi connectivity index (χ0) is 21.1. The largest absolute Gasteiger partial charge is 0.496 e. The van der Waals surface area contributed by atoms with Crippen LogP contribution in [0.2, 0.25) is 6.82 Å². The van der Waals surface area contributed by atoms with Crippen molar-refractivity contribution >= 4 is 51.4 Å². The van der Waals surface area contributed by atoms with Crippen molar-refractivity contribution in [2.75, 3.05) is 14.2 Å². The van der Waals surface area contributed by atoms with E-state index >= 15 is 0 Å². The Labute approximate surface area is 178 Å². The van der Waals surface area contributed by atoms with E-state index in [4.69, 9.17) is 13.9 Å². The van der Waals surface area contributed by atoms with E-state index in [1.807, 2.05) is 33.2 Å². The third-order valence-electron chi connectivity index (χ3n) is 4.92. The summed E-state index contributed by atoms with van der Waals surface area (Å²) in [6.07, 6.45) is 0.434. The molecule has 7 heteroatoms. The maximum absolute atomic E-state index is 13.5. The maximum atomic E-state index is 13.5. The van der Waals surface area contributed by atoms with Gasteiger partial charge in [0.15, 0.2) is 13.1 Å². The number of hydrogen-bond donors (Lipinski definition) is 0. The highest BCUT2D eigenvalue weighted by molar-refractivity contribution is 9.10. The molecule has 2 aromatic carbocycles. The number of carbonyl (C=O) groups excluding carboxylic acids is 2. The van der Waals surface area contributed by atoms with E-state index in [-0.39, 0.29) is 5.78 Å². The molecule has 1 heterocycles. The summed E-state index contributed by atoms with van der Waals surface area (Å²) in [5, 5.41) is 0.582. The van der Waals surface area contributed by atoms with E-state index < -0.39 is 11.9 Å². The highest BCUT2D eigenvalue weighted by Gasteiger charge is 2.33. The van der Waals surface area contributed by atoms with Crippen LogP contribution >= 0.6 is 15.9 Å². The number of halogens is 1. The summed E-state index contributed by atoms with van der Waals surface area (Å²) in [6, 6.07) is 10.7. The standard InChI is InChI=1S/C22H21BBrO5/c1-5-13(22(26)28-4)20-17(19(25)12-9-7-6-8-10-12)16-15(29-20)11-14(23-2)21(27-3)18(16)24/h6-11,13H,5H2,1-4H3. The SMILES string of the molecule is C[B]c1cc2oc(C(CC)C(=O)OC)c(C(=O)c3ccccc3)c2c(Br)c1OC. The number of rotatable bonds is 7. The molecule has 0 saturated carbocycles. The van der Waals surface area contributed by atoms with Crippen molar-refractivity contribution in [2.45, 2.75) is 26.1 Å². The fourth-order valence-corrected chi connectivity index (χ4v) is 4.25. The molecule has 5 nitrogen and oxygen atoms in total. The lowest BCUT2D eigenvalue weighted by Gasteiger charge is -2.12. The van der Waals surface area contributed by atoms with Crippen LogP contribution in [0.25, 0.3) is 11.0 Å². The molecule has 0 N–H and O–H groups in total. The van der Waals surface area contributed by atoms with Gasteiger partial charge >= 0.3 is 5.97 Å². The van der Waals surface area contributed by atoms with Crippen molar-refractivity contribution in [3.05, 3.63) is 57.8 Å². The van der Waals surface area contributed by atoms with Crippen LogP contribution in [0.4, 0.5) is 0 Å². The van der Waals surface area contributed by atoms with E-state index in [9.17, 15) is 9.59 Å². The number of ether oxygens (including phenoxy) is 2. The molecule has 3 aromatic rings. The molecule has 3 rings (SSSR count). The van der Waals surface area contributed by atoms with Crippen LogP contribution in [0.1, 0.15) is 40.9 Å².